The topological polar surface area (TPSA) is 94.7 Å². The molecule has 0 saturated carbocycles. The van der Waals surface area contributed by atoms with Crippen LogP contribution in [0.5, 0.6) is 5.75 Å². The number of carbonyl (C=O) groups excluding carboxylic acids is 3. The number of hydrogen-bond donors (Lipinski definition) is 2. The average molecular weight is 557 g/mol. The average Bonchev–Trinajstić information content (AvgIpc) is 3.53. The highest BCUT2D eigenvalue weighted by molar-refractivity contribution is 6.24. The van der Waals surface area contributed by atoms with Crippen molar-refractivity contribution >= 4 is 34.4 Å². The molecule has 8 nitrogen and oxygen atoms in total. The number of ether oxygens (including phenoxy) is 1. The Balaban J connectivity index is 1.26. The summed E-state index contributed by atoms with van der Waals surface area (Å²) in [5.41, 5.74) is 5.14. The number of methoxy groups -OCH3 is 1. The number of H-pyrrole nitrogens is 1. The van der Waals surface area contributed by atoms with Gasteiger partial charge in [-0.05, 0) is 35.4 Å². The zero-order valence-corrected chi connectivity index (χ0v) is 22.9. The molecule has 2 aliphatic heterocycles. The van der Waals surface area contributed by atoms with E-state index in [-0.39, 0.29) is 23.7 Å². The lowest BCUT2D eigenvalue weighted by Crippen LogP contribution is -2.44. The van der Waals surface area contributed by atoms with Gasteiger partial charge in [-0.25, -0.2) is 9.69 Å². The van der Waals surface area contributed by atoms with Gasteiger partial charge in [-0.2, -0.15) is 0 Å². The van der Waals surface area contributed by atoms with E-state index in [1.807, 2.05) is 78.9 Å². The van der Waals surface area contributed by atoms with Gasteiger partial charge in [-0.1, -0.05) is 78.9 Å². The Hall–Kier alpha value is -5.37. The number of hydrogen-bond acceptors (Lipinski definition) is 4. The zero-order valence-electron chi connectivity index (χ0n) is 22.9. The second kappa shape index (κ2) is 10.2. The van der Waals surface area contributed by atoms with Gasteiger partial charge in [0.2, 0.25) is 0 Å². The van der Waals surface area contributed by atoms with Gasteiger partial charge < -0.3 is 15.0 Å². The van der Waals surface area contributed by atoms with Crippen molar-refractivity contribution in [2.24, 2.45) is 0 Å². The summed E-state index contributed by atoms with van der Waals surface area (Å²) in [7, 11) is 1.58. The molecule has 2 N–H and O–H groups in total. The summed E-state index contributed by atoms with van der Waals surface area (Å²) in [6.45, 7) is 0.228. The van der Waals surface area contributed by atoms with Gasteiger partial charge in [0.25, 0.3) is 11.8 Å². The van der Waals surface area contributed by atoms with E-state index in [9.17, 15) is 14.4 Å². The molecule has 2 atom stereocenters. The first kappa shape index (κ1) is 25.6. The van der Waals surface area contributed by atoms with Crippen LogP contribution in [0.4, 0.5) is 10.5 Å². The van der Waals surface area contributed by atoms with E-state index < -0.39 is 24.0 Å². The molecule has 208 valence electrons. The monoisotopic (exact) mass is 556 g/mol. The molecule has 2 aliphatic rings. The molecule has 4 aromatic carbocycles. The Morgan fingerprint density at radius 3 is 2.45 bits per heavy atom. The minimum atomic E-state index is -0.709. The molecule has 1 fully saturated rings. The molecule has 1 aromatic heterocycles. The quantitative estimate of drug-likeness (QED) is 0.267. The fourth-order valence-electron chi connectivity index (χ4n) is 6.26. The molecule has 0 radical (unpaired) electrons. The Kier molecular flexibility index (Phi) is 6.23. The number of aromatic nitrogens is 1. The Bertz CT molecular complexity index is 1850. The molecule has 4 amide bonds. The number of para-hydroxylation sites is 3. The lowest BCUT2D eigenvalue weighted by Gasteiger charge is -2.36. The largest absolute Gasteiger partial charge is 0.496 e. The minimum absolute atomic E-state index is 0.228. The van der Waals surface area contributed by atoms with Crippen molar-refractivity contribution in [3.63, 3.8) is 0 Å². The maximum absolute atomic E-state index is 14.3. The lowest BCUT2D eigenvalue weighted by molar-refractivity contribution is -0.120. The van der Waals surface area contributed by atoms with E-state index in [1.54, 1.807) is 36.3 Å². The molecule has 42 heavy (non-hydrogen) atoms. The number of fused-ring (bicyclic) bond motifs is 4. The lowest BCUT2D eigenvalue weighted by atomic mass is 9.89. The van der Waals surface area contributed by atoms with Crippen molar-refractivity contribution in [3.05, 3.63) is 131 Å². The Morgan fingerprint density at radius 2 is 1.62 bits per heavy atom. The Morgan fingerprint density at radius 1 is 0.905 bits per heavy atom. The van der Waals surface area contributed by atoms with Gasteiger partial charge in [0.1, 0.15) is 17.8 Å². The minimum Gasteiger partial charge on any atom is -0.496 e. The molecule has 0 aliphatic carbocycles. The molecule has 8 heteroatoms. The Labute approximate surface area is 242 Å². The molecule has 5 aromatic rings. The van der Waals surface area contributed by atoms with Crippen molar-refractivity contribution in [3.8, 4) is 5.75 Å². The third-order valence-electron chi connectivity index (χ3n) is 8.19. The molecule has 0 bridgehead atoms. The molecular weight excluding hydrogens is 528 g/mol. The van der Waals surface area contributed by atoms with Crippen LogP contribution in [0.2, 0.25) is 0 Å². The summed E-state index contributed by atoms with van der Waals surface area (Å²) in [6, 6.07) is 30.3. The predicted octanol–water partition coefficient (Wildman–Crippen LogP) is 5.59. The van der Waals surface area contributed by atoms with Crippen LogP contribution < -0.4 is 15.0 Å². The van der Waals surface area contributed by atoms with Crippen molar-refractivity contribution in [2.45, 2.75) is 25.0 Å². The number of anilines is 1. The summed E-state index contributed by atoms with van der Waals surface area (Å²) in [4.78, 5) is 48.3. The number of imide groups is 1. The van der Waals surface area contributed by atoms with Gasteiger partial charge in [-0.3, -0.25) is 14.5 Å². The maximum Gasteiger partial charge on any atom is 0.332 e. The third-order valence-corrected chi connectivity index (χ3v) is 8.19. The van der Waals surface area contributed by atoms with Crippen LogP contribution in [-0.4, -0.2) is 40.9 Å². The highest BCUT2D eigenvalue weighted by atomic mass is 16.5. The predicted molar refractivity (Wildman–Crippen MR) is 159 cm³/mol. The second-order valence-electron chi connectivity index (χ2n) is 10.5. The number of nitrogens with one attached hydrogen (secondary N) is 2. The summed E-state index contributed by atoms with van der Waals surface area (Å²) in [5, 5.41) is 3.97. The zero-order chi connectivity index (χ0) is 28.8. The fraction of sp³-hybridized carbons (Fsp3) is 0.147. The van der Waals surface area contributed by atoms with Crippen molar-refractivity contribution in [1.82, 2.24) is 15.2 Å². The third kappa shape index (κ3) is 4.03. The van der Waals surface area contributed by atoms with E-state index in [4.69, 9.17) is 4.74 Å². The van der Waals surface area contributed by atoms with Crippen LogP contribution in [0, 0.1) is 0 Å². The van der Waals surface area contributed by atoms with Crippen LogP contribution in [0.25, 0.3) is 10.9 Å². The first-order chi connectivity index (χ1) is 20.6. The number of urea groups is 1. The fourth-order valence-corrected chi connectivity index (χ4v) is 6.26. The summed E-state index contributed by atoms with van der Waals surface area (Å²) >= 11 is 0. The first-order valence-corrected chi connectivity index (χ1v) is 13.9. The van der Waals surface area contributed by atoms with E-state index in [0.717, 1.165) is 33.3 Å². The van der Waals surface area contributed by atoms with Crippen LogP contribution in [0.15, 0.2) is 103 Å². The summed E-state index contributed by atoms with van der Waals surface area (Å²) in [5.74, 6) is -0.0739. The number of benzene rings is 4. The number of carbonyl (C=O) groups is 3. The van der Waals surface area contributed by atoms with Gasteiger partial charge >= 0.3 is 6.03 Å². The van der Waals surface area contributed by atoms with E-state index in [0.29, 0.717) is 12.2 Å². The molecule has 1 saturated heterocycles. The standard InChI is InChI=1S/C34H28N4O4/c1-42-29-18-10-5-13-22(29)20-35-32(39)24-15-7-9-17-27(24)38-33(40)28-19-25-23-14-6-8-16-26(23)36-30(25)31(37(28)34(38)41)21-11-3-2-4-12-21/h2-18,28,31,36H,19-20H2,1H3,(H,35,39)/t28-,31-/m0/s1. The molecule has 0 unspecified atom stereocenters. The number of amides is 4. The molecule has 0 spiro atoms. The van der Waals surface area contributed by atoms with Gasteiger partial charge in [0, 0.05) is 35.1 Å². The van der Waals surface area contributed by atoms with Gasteiger partial charge in [0.15, 0.2) is 0 Å². The van der Waals surface area contributed by atoms with Crippen molar-refractivity contribution in [2.75, 3.05) is 12.0 Å². The van der Waals surface area contributed by atoms with Crippen LogP contribution in [0.1, 0.15) is 38.8 Å². The van der Waals surface area contributed by atoms with Crippen LogP contribution in [-0.2, 0) is 17.8 Å². The smallest absolute Gasteiger partial charge is 0.332 e. The van der Waals surface area contributed by atoms with Gasteiger partial charge in [0.05, 0.1) is 18.4 Å². The van der Waals surface area contributed by atoms with Crippen LogP contribution >= 0.6 is 0 Å². The van der Waals surface area contributed by atoms with E-state index in [2.05, 4.69) is 10.3 Å². The number of nitrogens with zero attached hydrogens (tertiary/aromatic N) is 2. The van der Waals surface area contributed by atoms with E-state index >= 15 is 0 Å². The molecule has 7 rings (SSSR count). The second-order valence-corrected chi connectivity index (χ2v) is 10.5. The first-order valence-electron chi connectivity index (χ1n) is 13.9. The number of rotatable bonds is 6. The molecule has 3 heterocycles. The summed E-state index contributed by atoms with van der Waals surface area (Å²) < 4.78 is 5.41. The highest BCUT2D eigenvalue weighted by Crippen LogP contribution is 2.45. The summed E-state index contributed by atoms with van der Waals surface area (Å²) in [6.07, 6.45) is 0.381. The number of aromatic amines is 1. The van der Waals surface area contributed by atoms with Crippen LogP contribution in [0.3, 0.4) is 0 Å². The van der Waals surface area contributed by atoms with Crippen molar-refractivity contribution < 1.29 is 19.1 Å². The maximum atomic E-state index is 14.3. The van der Waals surface area contributed by atoms with E-state index in [1.165, 1.54) is 4.90 Å². The highest BCUT2D eigenvalue weighted by Gasteiger charge is 2.53. The molecular formula is C34H28N4O4. The SMILES string of the molecule is COc1ccccc1CNC(=O)c1ccccc1N1C(=O)[C@@H]2Cc3c([nH]c4ccccc34)[C@H](c3ccccc3)N2C1=O. The normalized spacial score (nSPS) is 17.7. The van der Waals surface area contributed by atoms with Crippen molar-refractivity contribution in [1.29, 1.82) is 0 Å². The van der Waals surface area contributed by atoms with Gasteiger partial charge in [-0.15, -0.1) is 0 Å².